The van der Waals surface area contributed by atoms with Gasteiger partial charge in [0.1, 0.15) is 10.6 Å². The molecule has 0 bridgehead atoms. The van der Waals surface area contributed by atoms with Gasteiger partial charge in [0, 0.05) is 17.5 Å². The number of likely N-dealkylation sites (tertiary alicyclic amines) is 1. The quantitative estimate of drug-likeness (QED) is 0.254. The van der Waals surface area contributed by atoms with Crippen molar-refractivity contribution in [3.63, 3.8) is 0 Å². The van der Waals surface area contributed by atoms with E-state index in [1.54, 1.807) is 13.8 Å². The molecular formula is C32H33F8NO5S. The Morgan fingerprint density at radius 3 is 2.11 bits per heavy atom. The van der Waals surface area contributed by atoms with Gasteiger partial charge in [-0.15, -0.1) is 0 Å². The van der Waals surface area contributed by atoms with Gasteiger partial charge in [0.05, 0.1) is 16.9 Å². The zero-order valence-electron chi connectivity index (χ0n) is 25.4. The van der Waals surface area contributed by atoms with Crippen molar-refractivity contribution >= 4 is 21.7 Å². The van der Waals surface area contributed by atoms with E-state index in [2.05, 4.69) is 0 Å². The number of hydrogen-bond donors (Lipinski definition) is 1. The number of aliphatic carboxylic acids is 1. The summed E-state index contributed by atoms with van der Waals surface area (Å²) in [6.07, 6.45) is -12.5. The van der Waals surface area contributed by atoms with Crippen LogP contribution in [0.4, 0.5) is 35.1 Å². The largest absolute Gasteiger partial charge is 0.481 e. The van der Waals surface area contributed by atoms with Crippen LogP contribution in [0.5, 0.6) is 0 Å². The number of fused-ring (bicyclic) bond motifs is 3. The Morgan fingerprint density at radius 2 is 1.57 bits per heavy atom. The smallest absolute Gasteiger partial charge is 0.435 e. The normalized spacial score (nSPS) is 28.5. The van der Waals surface area contributed by atoms with Crippen LogP contribution in [-0.4, -0.2) is 55.2 Å². The van der Waals surface area contributed by atoms with E-state index in [-0.39, 0.29) is 73.1 Å². The van der Waals surface area contributed by atoms with Gasteiger partial charge in [-0.1, -0.05) is 32.0 Å². The summed E-state index contributed by atoms with van der Waals surface area (Å²) in [5, 5.41) is 9.62. The summed E-state index contributed by atoms with van der Waals surface area (Å²) in [4.78, 5) is 27.2. The molecule has 2 aliphatic carbocycles. The minimum atomic E-state index is -6.38. The van der Waals surface area contributed by atoms with Gasteiger partial charge in [0.15, 0.2) is 9.84 Å². The van der Waals surface area contributed by atoms with Gasteiger partial charge < -0.3 is 10.0 Å². The number of carbonyl (C=O) groups excluding carboxylic acids is 1. The average molecular weight is 696 g/mol. The van der Waals surface area contributed by atoms with Crippen LogP contribution in [0.2, 0.25) is 0 Å². The molecule has 6 nitrogen and oxygen atoms in total. The van der Waals surface area contributed by atoms with Crippen LogP contribution in [0, 0.1) is 23.1 Å². The van der Waals surface area contributed by atoms with Gasteiger partial charge in [-0.2, -0.15) is 26.3 Å². The van der Waals surface area contributed by atoms with Crippen LogP contribution in [0.3, 0.4) is 0 Å². The van der Waals surface area contributed by atoms with Crippen molar-refractivity contribution in [3.8, 4) is 0 Å². The molecule has 1 heterocycles. The number of benzene rings is 2. The number of sulfone groups is 1. The monoisotopic (exact) mass is 695 g/mol. The molecular weight excluding hydrogens is 662 g/mol. The number of carboxylic acids is 1. The number of carbonyl (C=O) groups is 2. The maximum absolute atomic E-state index is 15.1. The molecule has 0 unspecified atom stereocenters. The second-order valence-electron chi connectivity index (χ2n) is 13.0. The number of rotatable bonds is 6. The lowest BCUT2D eigenvalue weighted by molar-refractivity contribution is -0.348. The Balaban J connectivity index is 1.66. The zero-order chi connectivity index (χ0) is 35.0. The van der Waals surface area contributed by atoms with E-state index in [1.807, 2.05) is 0 Å². The minimum absolute atomic E-state index is 0.137. The second kappa shape index (κ2) is 11.4. The minimum Gasteiger partial charge on any atom is -0.481 e. The highest BCUT2D eigenvalue weighted by molar-refractivity contribution is 7.92. The third-order valence-corrected chi connectivity index (χ3v) is 13.3. The van der Waals surface area contributed by atoms with Crippen LogP contribution in [0.1, 0.15) is 69.1 Å². The molecule has 2 aromatic carbocycles. The van der Waals surface area contributed by atoms with Crippen LogP contribution in [0.25, 0.3) is 0 Å². The summed E-state index contributed by atoms with van der Waals surface area (Å²) in [5.41, 5.74) is -8.90. The summed E-state index contributed by atoms with van der Waals surface area (Å²) in [6, 6.07) is 4.10. The maximum Gasteiger partial charge on any atom is 0.435 e. The lowest BCUT2D eigenvalue weighted by Gasteiger charge is -2.47. The number of alkyl halides is 7. The Labute approximate surface area is 266 Å². The van der Waals surface area contributed by atoms with E-state index in [1.165, 1.54) is 4.90 Å². The molecule has 1 saturated carbocycles. The third kappa shape index (κ3) is 5.13. The van der Waals surface area contributed by atoms with Crippen molar-refractivity contribution < 1.29 is 58.2 Å². The fraction of sp³-hybridized carbons (Fsp3) is 0.562. The summed E-state index contributed by atoms with van der Waals surface area (Å²) < 4.78 is 138. The van der Waals surface area contributed by atoms with E-state index < -0.39 is 73.2 Å². The average Bonchev–Trinajstić information content (AvgIpc) is 3.40. The molecule has 3 aliphatic rings. The molecule has 47 heavy (non-hydrogen) atoms. The van der Waals surface area contributed by atoms with E-state index in [9.17, 15) is 53.8 Å². The zero-order valence-corrected chi connectivity index (χ0v) is 26.2. The van der Waals surface area contributed by atoms with E-state index in [4.69, 9.17) is 0 Å². The molecule has 1 aliphatic heterocycles. The predicted octanol–water partition coefficient (Wildman–Crippen LogP) is 7.25. The molecule has 15 heteroatoms. The molecule has 2 fully saturated rings. The van der Waals surface area contributed by atoms with Gasteiger partial charge in [-0.25, -0.2) is 17.2 Å². The highest BCUT2D eigenvalue weighted by Gasteiger charge is 2.74. The van der Waals surface area contributed by atoms with Gasteiger partial charge in [0.25, 0.3) is 0 Å². The van der Waals surface area contributed by atoms with E-state index in [0.717, 1.165) is 30.3 Å². The van der Waals surface area contributed by atoms with Crippen molar-refractivity contribution in [2.24, 2.45) is 17.3 Å². The van der Waals surface area contributed by atoms with E-state index in [0.29, 0.717) is 12.5 Å². The topological polar surface area (TPSA) is 91.8 Å². The molecule has 5 rings (SSSR count). The van der Waals surface area contributed by atoms with Crippen molar-refractivity contribution in [3.05, 3.63) is 65.0 Å². The lowest BCUT2D eigenvalue weighted by atomic mass is 9.63. The molecule has 1 N–H and O–H groups in total. The number of hydrogen-bond acceptors (Lipinski definition) is 4. The van der Waals surface area contributed by atoms with Crippen molar-refractivity contribution in [1.29, 1.82) is 0 Å². The van der Waals surface area contributed by atoms with Gasteiger partial charge in [-0.3, -0.25) is 9.59 Å². The Bertz CT molecular complexity index is 1660. The first-order chi connectivity index (χ1) is 21.7. The van der Waals surface area contributed by atoms with Crippen LogP contribution in [0.15, 0.2) is 47.4 Å². The lowest BCUT2D eigenvalue weighted by Crippen LogP contribution is -2.56. The highest BCUT2D eigenvalue weighted by atomic mass is 32.2. The fourth-order valence-electron chi connectivity index (χ4n) is 8.21. The summed E-state index contributed by atoms with van der Waals surface area (Å²) in [7, 11) is -4.63. The SMILES string of the molecule is CC[C@]1(C(=O)N2CC[C@@]3(S(=O)(=O)c4ccc(F)cc4)c4ccc(C(F)(C(F)(F)F)C(F)(F)F)cc4CC[C@@H]23)CC[C@@H](C(=O)O)[C@H](C)C1. The highest BCUT2D eigenvalue weighted by Crippen LogP contribution is 2.58. The summed E-state index contributed by atoms with van der Waals surface area (Å²) >= 11 is 0. The Kier molecular flexibility index (Phi) is 8.54. The van der Waals surface area contributed by atoms with Crippen molar-refractivity contribution in [2.45, 2.75) is 92.5 Å². The van der Waals surface area contributed by atoms with Gasteiger partial charge in [0.2, 0.25) is 5.91 Å². The molecule has 0 radical (unpaired) electrons. The van der Waals surface area contributed by atoms with Crippen molar-refractivity contribution in [1.82, 2.24) is 4.90 Å². The van der Waals surface area contributed by atoms with Crippen LogP contribution >= 0.6 is 0 Å². The number of carboxylic acid groups (broad SMARTS) is 1. The van der Waals surface area contributed by atoms with Crippen LogP contribution in [-0.2, 0) is 36.3 Å². The third-order valence-electron chi connectivity index (χ3n) is 10.7. The van der Waals surface area contributed by atoms with E-state index >= 15 is 4.39 Å². The second-order valence-corrected chi connectivity index (χ2v) is 15.2. The molecule has 1 amide bonds. The number of amides is 1. The first-order valence-corrected chi connectivity index (χ1v) is 16.7. The summed E-state index contributed by atoms with van der Waals surface area (Å²) in [6.45, 7) is 3.36. The molecule has 0 spiro atoms. The Morgan fingerprint density at radius 1 is 0.957 bits per heavy atom. The first kappa shape index (κ1) is 35.1. The Hall–Kier alpha value is -3.23. The van der Waals surface area contributed by atoms with Crippen LogP contribution < -0.4 is 0 Å². The fourth-order valence-corrected chi connectivity index (χ4v) is 10.6. The number of nitrogens with zero attached hydrogens (tertiary/aromatic N) is 1. The van der Waals surface area contributed by atoms with Gasteiger partial charge >= 0.3 is 24.0 Å². The molecule has 2 aromatic rings. The number of halogens is 8. The molecule has 258 valence electrons. The number of aryl methyl sites for hydroxylation is 1. The molecule has 1 saturated heterocycles. The standard InChI is InChI=1S/C32H33F8NO5S/c1-3-28(13-12-23(26(42)43)18(2)17-28)27(44)41-15-14-29(47(45,46)22-8-6-21(33)7-9-22)24-10-5-20(16-19(24)4-11-25(29)41)30(34,31(35,36)37)32(38,39)40/h5-10,16,18,23,25H,3-4,11-15,17H2,1-2H3,(H,42,43)/t18-,23-,25-,28+,29-/m1/s1. The first-order valence-electron chi connectivity index (χ1n) is 15.2. The predicted molar refractivity (Wildman–Crippen MR) is 152 cm³/mol. The molecule has 5 atom stereocenters. The van der Waals surface area contributed by atoms with Gasteiger partial charge in [-0.05, 0) is 86.3 Å². The van der Waals surface area contributed by atoms with Crippen molar-refractivity contribution in [2.75, 3.05) is 6.54 Å². The summed E-state index contributed by atoms with van der Waals surface area (Å²) in [5.74, 6) is -3.21. The maximum atomic E-state index is 15.1. The molecule has 0 aromatic heterocycles.